The van der Waals surface area contributed by atoms with E-state index in [-0.39, 0.29) is 5.75 Å². The van der Waals surface area contributed by atoms with Crippen LogP contribution in [0.1, 0.15) is 20.7 Å². The molecule has 2 aromatic rings. The Balaban J connectivity index is 2.30. The van der Waals surface area contributed by atoms with E-state index in [1.807, 2.05) is 28.7 Å². The first-order chi connectivity index (χ1) is 10.3. The molecule has 0 bridgehead atoms. The van der Waals surface area contributed by atoms with Crippen LogP contribution in [0, 0.1) is 16.5 Å². The molecular weight excluding hydrogens is 632 g/mol. The number of carbonyl (C=O) groups excluding carboxylic acids is 2. The van der Waals surface area contributed by atoms with Crippen molar-refractivity contribution < 1.29 is 23.8 Å². The number of halogens is 4. The molecule has 2 aromatic carbocycles. The number of ether oxygens (including phenoxy) is 1. The molecular formula is C14H5FI3O4-. The minimum atomic E-state index is -1.63. The molecule has 0 aliphatic heterocycles. The van der Waals surface area contributed by atoms with Crippen molar-refractivity contribution in [3.63, 3.8) is 0 Å². The third-order valence-electron chi connectivity index (χ3n) is 2.58. The minimum absolute atomic E-state index is 0.0721. The number of carbonyl (C=O) groups is 2. The van der Waals surface area contributed by atoms with Crippen LogP contribution in [0.5, 0.6) is 5.75 Å². The highest BCUT2D eigenvalue weighted by Gasteiger charge is 2.16. The zero-order valence-corrected chi connectivity index (χ0v) is 17.0. The van der Waals surface area contributed by atoms with Crippen molar-refractivity contribution in [3.8, 4) is 5.75 Å². The maximum absolute atomic E-state index is 13.5. The molecule has 22 heavy (non-hydrogen) atoms. The molecule has 0 unspecified atom stereocenters. The number of carboxylic acids is 1. The van der Waals surface area contributed by atoms with Gasteiger partial charge in [0.15, 0.2) is 0 Å². The fourth-order valence-electron chi connectivity index (χ4n) is 1.59. The highest BCUT2D eigenvalue weighted by molar-refractivity contribution is 14.1. The molecule has 0 heterocycles. The lowest BCUT2D eigenvalue weighted by Gasteiger charge is -2.10. The van der Waals surface area contributed by atoms with Crippen molar-refractivity contribution in [3.05, 3.63) is 58.0 Å². The van der Waals surface area contributed by atoms with Crippen molar-refractivity contribution >= 4 is 79.7 Å². The molecule has 114 valence electrons. The van der Waals surface area contributed by atoms with Gasteiger partial charge in [-0.15, -0.1) is 0 Å². The monoisotopic (exact) mass is 637 g/mol. The first kappa shape index (κ1) is 17.8. The van der Waals surface area contributed by atoms with Crippen molar-refractivity contribution in [2.45, 2.75) is 0 Å². The van der Waals surface area contributed by atoms with Gasteiger partial charge in [-0.1, -0.05) is 0 Å². The second-order valence-electron chi connectivity index (χ2n) is 4.07. The molecule has 8 heteroatoms. The summed E-state index contributed by atoms with van der Waals surface area (Å²) in [7, 11) is 0. The Morgan fingerprint density at radius 1 is 1.05 bits per heavy atom. The van der Waals surface area contributed by atoms with Crippen LogP contribution in [0.3, 0.4) is 0 Å². The van der Waals surface area contributed by atoms with Crippen LogP contribution in [-0.4, -0.2) is 11.9 Å². The van der Waals surface area contributed by atoms with Crippen LogP contribution in [0.25, 0.3) is 0 Å². The van der Waals surface area contributed by atoms with E-state index in [9.17, 15) is 19.1 Å². The highest BCUT2D eigenvalue weighted by Crippen LogP contribution is 2.25. The Labute approximate surface area is 165 Å². The van der Waals surface area contributed by atoms with Gasteiger partial charge in [-0.2, -0.15) is 0 Å². The Morgan fingerprint density at radius 2 is 1.73 bits per heavy atom. The summed E-state index contributed by atoms with van der Waals surface area (Å²) in [4.78, 5) is 22.8. The van der Waals surface area contributed by atoms with E-state index in [0.717, 1.165) is 22.8 Å². The molecule has 0 aliphatic rings. The molecule has 0 fully saturated rings. The summed E-state index contributed by atoms with van der Waals surface area (Å²) in [5, 5.41) is 10.6. The van der Waals surface area contributed by atoms with Gasteiger partial charge in [-0.3, -0.25) is 0 Å². The summed E-state index contributed by atoms with van der Waals surface area (Å²) in [6, 6.07) is 6.62. The number of hydrogen-bond acceptors (Lipinski definition) is 4. The van der Waals surface area contributed by atoms with Crippen LogP contribution in [-0.2, 0) is 0 Å². The lowest BCUT2D eigenvalue weighted by molar-refractivity contribution is -0.255. The zero-order chi connectivity index (χ0) is 16.4. The average Bonchev–Trinajstić information content (AvgIpc) is 2.42. The van der Waals surface area contributed by atoms with Crippen LogP contribution >= 0.6 is 67.8 Å². The molecule has 0 N–H and O–H groups in total. The molecule has 0 aliphatic carbocycles. The van der Waals surface area contributed by atoms with E-state index in [4.69, 9.17) is 4.74 Å². The van der Waals surface area contributed by atoms with Gasteiger partial charge in [0.1, 0.15) is 11.6 Å². The van der Waals surface area contributed by atoms with Gasteiger partial charge < -0.3 is 14.6 Å². The van der Waals surface area contributed by atoms with E-state index >= 15 is 0 Å². The van der Waals surface area contributed by atoms with E-state index < -0.39 is 23.3 Å². The molecule has 4 nitrogen and oxygen atoms in total. The maximum Gasteiger partial charge on any atom is 0.344 e. The molecule has 0 radical (unpaired) electrons. The topological polar surface area (TPSA) is 66.4 Å². The highest BCUT2D eigenvalue weighted by atomic mass is 127. The summed E-state index contributed by atoms with van der Waals surface area (Å²) in [6.45, 7) is 0. The van der Waals surface area contributed by atoms with Gasteiger partial charge in [0, 0.05) is 22.3 Å². The Kier molecular flexibility index (Phi) is 5.99. The Bertz CT molecular complexity index is 777. The largest absolute Gasteiger partial charge is 0.545 e. The van der Waals surface area contributed by atoms with Gasteiger partial charge >= 0.3 is 5.97 Å². The van der Waals surface area contributed by atoms with Crippen molar-refractivity contribution in [1.82, 2.24) is 0 Å². The number of rotatable bonds is 3. The van der Waals surface area contributed by atoms with E-state index in [1.165, 1.54) is 6.07 Å². The summed E-state index contributed by atoms with van der Waals surface area (Å²) >= 11 is 6.21. The number of aromatic carboxylic acids is 1. The van der Waals surface area contributed by atoms with Gasteiger partial charge in [-0.25, -0.2) is 9.18 Å². The third-order valence-corrected chi connectivity index (χ3v) is 6.25. The first-order valence-electron chi connectivity index (χ1n) is 5.67. The summed E-state index contributed by atoms with van der Waals surface area (Å²) in [5.74, 6) is -3.35. The molecule has 2 rings (SSSR count). The smallest absolute Gasteiger partial charge is 0.344 e. The predicted octanol–water partition coefficient (Wildman–Crippen LogP) is 3.22. The van der Waals surface area contributed by atoms with E-state index in [2.05, 4.69) is 45.2 Å². The first-order valence-corrected chi connectivity index (χ1v) is 8.91. The fourth-order valence-corrected chi connectivity index (χ4v) is 3.97. The zero-order valence-electron chi connectivity index (χ0n) is 10.5. The SMILES string of the molecule is O=C([O-])c1ccc(OC(=O)c2cc(I)cc(I)c2I)cc1F. The third kappa shape index (κ3) is 4.07. The standard InChI is InChI=1S/C14H6FI3O4/c15-10-5-7(1-2-8(10)13(19)20)22-14(21)9-3-6(16)4-11(17)12(9)18/h1-5H,(H,19,20)/p-1. The van der Waals surface area contributed by atoms with Crippen LogP contribution < -0.4 is 9.84 Å². The number of esters is 1. The quantitative estimate of drug-likeness (QED) is 0.225. The van der Waals surface area contributed by atoms with Crippen LogP contribution in [0.15, 0.2) is 30.3 Å². The molecule has 0 spiro atoms. The minimum Gasteiger partial charge on any atom is -0.545 e. The predicted molar refractivity (Wildman–Crippen MR) is 100 cm³/mol. The van der Waals surface area contributed by atoms with Gasteiger partial charge in [0.05, 0.1) is 11.5 Å². The van der Waals surface area contributed by atoms with E-state index in [0.29, 0.717) is 5.56 Å². The van der Waals surface area contributed by atoms with Crippen LogP contribution in [0.4, 0.5) is 4.39 Å². The second-order valence-corrected chi connectivity index (χ2v) is 7.55. The maximum atomic E-state index is 13.5. The second kappa shape index (κ2) is 7.38. The molecule has 0 amide bonds. The van der Waals surface area contributed by atoms with Crippen molar-refractivity contribution in [2.75, 3.05) is 0 Å². The average molecular weight is 637 g/mol. The fraction of sp³-hybridized carbons (Fsp3) is 0. The Hall–Kier alpha value is -0.500. The van der Waals surface area contributed by atoms with E-state index in [1.54, 1.807) is 6.07 Å². The number of carboxylic acid groups (broad SMARTS) is 1. The Morgan fingerprint density at radius 3 is 2.32 bits per heavy atom. The van der Waals surface area contributed by atoms with Gasteiger partial charge in [-0.05, 0) is 92.0 Å². The lowest BCUT2D eigenvalue weighted by atomic mass is 10.2. The molecule has 0 atom stereocenters. The number of hydrogen-bond donors (Lipinski definition) is 0. The number of benzene rings is 2. The molecule has 0 saturated heterocycles. The lowest BCUT2D eigenvalue weighted by Crippen LogP contribution is -2.23. The summed E-state index contributed by atoms with van der Waals surface area (Å²) in [5.41, 5.74) is -0.223. The van der Waals surface area contributed by atoms with Crippen molar-refractivity contribution in [2.24, 2.45) is 0 Å². The normalized spacial score (nSPS) is 10.4. The molecule has 0 aromatic heterocycles. The summed E-state index contributed by atoms with van der Waals surface area (Å²) in [6.07, 6.45) is 0. The van der Waals surface area contributed by atoms with Gasteiger partial charge in [0.25, 0.3) is 0 Å². The molecule has 0 saturated carbocycles. The van der Waals surface area contributed by atoms with Crippen molar-refractivity contribution in [1.29, 1.82) is 0 Å². The van der Waals surface area contributed by atoms with Crippen LogP contribution in [0.2, 0.25) is 0 Å². The summed E-state index contributed by atoms with van der Waals surface area (Å²) < 4.78 is 21.1. The van der Waals surface area contributed by atoms with Gasteiger partial charge in [0.2, 0.25) is 0 Å².